The van der Waals surface area contributed by atoms with Crippen LogP contribution in [0.2, 0.25) is 0 Å². The van der Waals surface area contributed by atoms with Gasteiger partial charge in [0.2, 0.25) is 11.8 Å². The highest BCUT2D eigenvalue weighted by atomic mass is 35.5. The molecule has 0 aromatic heterocycles. The van der Waals surface area contributed by atoms with Crippen molar-refractivity contribution in [2.75, 3.05) is 26.7 Å². The predicted molar refractivity (Wildman–Crippen MR) is 79.7 cm³/mol. The SMILES string of the molecule is CCOC1CC(N(C)C(=O)CNC(=O)CN)C1(C)C.Cl. The molecule has 118 valence electrons. The molecule has 3 N–H and O–H groups in total. The maximum Gasteiger partial charge on any atom is 0.241 e. The molecule has 0 aliphatic heterocycles. The summed E-state index contributed by atoms with van der Waals surface area (Å²) in [6.45, 7) is 6.76. The Labute approximate surface area is 126 Å². The zero-order valence-corrected chi connectivity index (χ0v) is 13.5. The van der Waals surface area contributed by atoms with Gasteiger partial charge in [0.15, 0.2) is 0 Å². The van der Waals surface area contributed by atoms with Crippen molar-refractivity contribution >= 4 is 24.2 Å². The lowest BCUT2D eigenvalue weighted by Crippen LogP contribution is -2.63. The third-order valence-corrected chi connectivity index (χ3v) is 3.98. The van der Waals surface area contributed by atoms with Gasteiger partial charge in [-0.15, -0.1) is 12.4 Å². The Bertz CT molecular complexity index is 350. The van der Waals surface area contributed by atoms with Crippen molar-refractivity contribution < 1.29 is 14.3 Å². The summed E-state index contributed by atoms with van der Waals surface area (Å²) in [6, 6.07) is 0.145. The molecule has 7 heteroatoms. The highest BCUT2D eigenvalue weighted by Crippen LogP contribution is 2.45. The van der Waals surface area contributed by atoms with Gasteiger partial charge in [0, 0.05) is 25.1 Å². The van der Waals surface area contributed by atoms with Crippen molar-refractivity contribution in [1.82, 2.24) is 10.2 Å². The summed E-state index contributed by atoms with van der Waals surface area (Å²) in [7, 11) is 1.77. The van der Waals surface area contributed by atoms with E-state index < -0.39 is 0 Å². The largest absolute Gasteiger partial charge is 0.378 e. The molecule has 0 aromatic rings. The van der Waals surface area contributed by atoms with E-state index in [9.17, 15) is 9.59 Å². The molecule has 1 aliphatic rings. The van der Waals surface area contributed by atoms with Crippen molar-refractivity contribution in [2.24, 2.45) is 11.1 Å². The Morgan fingerprint density at radius 2 is 2.05 bits per heavy atom. The van der Waals surface area contributed by atoms with Crippen LogP contribution in [0, 0.1) is 5.41 Å². The molecular formula is C13H26ClN3O3. The number of carbonyl (C=O) groups excluding carboxylic acids is 2. The lowest BCUT2D eigenvalue weighted by molar-refractivity contribution is -0.163. The molecule has 1 aliphatic carbocycles. The molecule has 0 saturated heterocycles. The van der Waals surface area contributed by atoms with E-state index >= 15 is 0 Å². The average molecular weight is 308 g/mol. The number of hydrogen-bond donors (Lipinski definition) is 2. The molecular weight excluding hydrogens is 282 g/mol. The van der Waals surface area contributed by atoms with E-state index in [0.29, 0.717) is 6.61 Å². The van der Waals surface area contributed by atoms with Crippen molar-refractivity contribution in [3.8, 4) is 0 Å². The number of halogens is 1. The number of nitrogens with two attached hydrogens (primary N) is 1. The summed E-state index contributed by atoms with van der Waals surface area (Å²) in [5, 5.41) is 2.49. The van der Waals surface area contributed by atoms with Gasteiger partial charge in [-0.1, -0.05) is 13.8 Å². The Morgan fingerprint density at radius 3 is 2.50 bits per heavy atom. The van der Waals surface area contributed by atoms with Gasteiger partial charge in [-0.3, -0.25) is 9.59 Å². The second-order valence-electron chi connectivity index (χ2n) is 5.50. The molecule has 2 amide bonds. The van der Waals surface area contributed by atoms with Crippen LogP contribution >= 0.6 is 12.4 Å². The molecule has 1 saturated carbocycles. The number of rotatable bonds is 6. The minimum absolute atomic E-state index is 0. The van der Waals surface area contributed by atoms with Crippen LogP contribution in [0.3, 0.4) is 0 Å². The predicted octanol–water partition coefficient (Wildman–Crippen LogP) is 0.145. The third-order valence-electron chi connectivity index (χ3n) is 3.98. The topological polar surface area (TPSA) is 84.7 Å². The van der Waals surface area contributed by atoms with Crippen LogP contribution in [0.4, 0.5) is 0 Å². The van der Waals surface area contributed by atoms with Gasteiger partial charge >= 0.3 is 0 Å². The maximum absolute atomic E-state index is 12.0. The molecule has 1 fully saturated rings. The van der Waals surface area contributed by atoms with Crippen LogP contribution in [0.15, 0.2) is 0 Å². The fourth-order valence-corrected chi connectivity index (χ4v) is 2.55. The fraction of sp³-hybridized carbons (Fsp3) is 0.846. The summed E-state index contributed by atoms with van der Waals surface area (Å²) in [4.78, 5) is 24.7. The third kappa shape index (κ3) is 4.07. The zero-order chi connectivity index (χ0) is 14.6. The van der Waals surface area contributed by atoms with Crippen LogP contribution in [0.25, 0.3) is 0 Å². The first-order valence-corrected chi connectivity index (χ1v) is 6.68. The van der Waals surface area contributed by atoms with E-state index in [1.807, 2.05) is 6.92 Å². The second-order valence-corrected chi connectivity index (χ2v) is 5.50. The standard InChI is InChI=1S/C13H25N3O3.ClH/c1-5-19-10-6-9(13(10,2)3)16(4)12(18)8-15-11(17)7-14;/h9-10H,5-8,14H2,1-4H3,(H,15,17);1H. The second kappa shape index (κ2) is 7.81. The van der Waals surface area contributed by atoms with E-state index in [1.165, 1.54) is 0 Å². The van der Waals surface area contributed by atoms with Crippen LogP contribution in [0.1, 0.15) is 27.2 Å². The Morgan fingerprint density at radius 1 is 1.45 bits per heavy atom. The Kier molecular flexibility index (Phi) is 7.47. The number of nitrogens with zero attached hydrogens (tertiary/aromatic N) is 1. The van der Waals surface area contributed by atoms with E-state index in [2.05, 4.69) is 19.2 Å². The number of hydrogen-bond acceptors (Lipinski definition) is 4. The summed E-state index contributed by atoms with van der Waals surface area (Å²) in [5.41, 5.74) is 5.12. The van der Waals surface area contributed by atoms with Crippen LogP contribution < -0.4 is 11.1 Å². The summed E-state index contributed by atoms with van der Waals surface area (Å²) in [5.74, 6) is -0.420. The molecule has 0 aromatic carbocycles. The zero-order valence-electron chi connectivity index (χ0n) is 12.6. The number of amides is 2. The van der Waals surface area contributed by atoms with Gasteiger partial charge in [-0.05, 0) is 13.3 Å². The van der Waals surface area contributed by atoms with Crippen molar-refractivity contribution in [3.05, 3.63) is 0 Å². The first-order valence-electron chi connectivity index (χ1n) is 6.68. The molecule has 1 rings (SSSR count). The summed E-state index contributed by atoms with van der Waals surface area (Å²) < 4.78 is 5.64. The van der Waals surface area contributed by atoms with E-state index in [4.69, 9.17) is 10.5 Å². The first-order chi connectivity index (χ1) is 8.84. The molecule has 20 heavy (non-hydrogen) atoms. The van der Waals surface area contributed by atoms with Gasteiger partial charge in [-0.25, -0.2) is 0 Å². The van der Waals surface area contributed by atoms with E-state index in [1.54, 1.807) is 11.9 Å². The van der Waals surface area contributed by atoms with Crippen LogP contribution in [-0.2, 0) is 14.3 Å². The van der Waals surface area contributed by atoms with Gasteiger partial charge in [0.1, 0.15) is 0 Å². The molecule has 0 heterocycles. The monoisotopic (exact) mass is 307 g/mol. The van der Waals surface area contributed by atoms with Gasteiger partial charge in [-0.2, -0.15) is 0 Å². The minimum atomic E-state index is -0.318. The van der Waals surface area contributed by atoms with Crippen LogP contribution in [0.5, 0.6) is 0 Å². The highest BCUT2D eigenvalue weighted by molar-refractivity contribution is 5.86. The lowest BCUT2D eigenvalue weighted by Gasteiger charge is -2.54. The molecule has 0 spiro atoms. The number of carbonyl (C=O) groups is 2. The fourth-order valence-electron chi connectivity index (χ4n) is 2.55. The van der Waals surface area contributed by atoms with Gasteiger partial charge < -0.3 is 20.7 Å². The maximum atomic E-state index is 12.0. The molecule has 2 unspecified atom stereocenters. The number of likely N-dealkylation sites (N-methyl/N-ethyl adjacent to an activating group) is 1. The van der Waals surface area contributed by atoms with Gasteiger partial charge in [0.25, 0.3) is 0 Å². The molecule has 0 radical (unpaired) electrons. The number of nitrogens with one attached hydrogen (secondary N) is 1. The summed E-state index contributed by atoms with van der Waals surface area (Å²) in [6.07, 6.45) is 1.03. The summed E-state index contributed by atoms with van der Waals surface area (Å²) >= 11 is 0. The molecule has 6 nitrogen and oxygen atoms in total. The Hall–Kier alpha value is -0.850. The smallest absolute Gasteiger partial charge is 0.241 e. The normalized spacial score (nSPS) is 23.2. The van der Waals surface area contributed by atoms with Crippen molar-refractivity contribution in [3.63, 3.8) is 0 Å². The lowest BCUT2D eigenvalue weighted by atomic mass is 9.64. The van der Waals surface area contributed by atoms with Crippen molar-refractivity contribution in [1.29, 1.82) is 0 Å². The molecule has 2 atom stereocenters. The quantitative estimate of drug-likeness (QED) is 0.731. The Balaban J connectivity index is 0.00000361. The average Bonchev–Trinajstić information content (AvgIpc) is 2.39. The van der Waals surface area contributed by atoms with E-state index in [0.717, 1.165) is 6.42 Å². The van der Waals surface area contributed by atoms with E-state index in [-0.39, 0.29) is 54.9 Å². The van der Waals surface area contributed by atoms with Crippen molar-refractivity contribution in [2.45, 2.75) is 39.3 Å². The highest BCUT2D eigenvalue weighted by Gasteiger charge is 2.51. The number of ether oxygens (including phenoxy) is 1. The first kappa shape index (κ1) is 19.1. The van der Waals surface area contributed by atoms with Crippen LogP contribution in [-0.4, -0.2) is 55.6 Å². The molecule has 0 bridgehead atoms. The minimum Gasteiger partial charge on any atom is -0.378 e. The van der Waals surface area contributed by atoms with Gasteiger partial charge in [0.05, 0.1) is 19.2 Å².